The predicted octanol–water partition coefficient (Wildman–Crippen LogP) is 3.22. The molecule has 0 aromatic heterocycles. The van der Waals surface area contributed by atoms with E-state index in [1.807, 2.05) is 0 Å². The van der Waals surface area contributed by atoms with Crippen LogP contribution < -0.4 is 0 Å². The van der Waals surface area contributed by atoms with Crippen molar-refractivity contribution in [3.8, 4) is 0 Å². The molecule has 74 valence electrons. The van der Waals surface area contributed by atoms with E-state index >= 15 is 0 Å². The van der Waals surface area contributed by atoms with Gasteiger partial charge in [0.15, 0.2) is 0 Å². The molecule has 1 rings (SSSR count). The second kappa shape index (κ2) is 6.57. The van der Waals surface area contributed by atoms with Crippen molar-refractivity contribution in [2.45, 2.75) is 11.9 Å². The summed E-state index contributed by atoms with van der Waals surface area (Å²) in [7, 11) is 4.17. The zero-order valence-electron chi connectivity index (χ0n) is 7.96. The Morgan fingerprint density at radius 2 is 1.85 bits per heavy atom. The summed E-state index contributed by atoms with van der Waals surface area (Å²) in [6.07, 6.45) is 0. The summed E-state index contributed by atoms with van der Waals surface area (Å²) in [5, 5.41) is 0.939. The SMILES string of the molecule is Br.CN(C)Cc1cccc(CBr)c1. The van der Waals surface area contributed by atoms with Gasteiger partial charge in [0.2, 0.25) is 0 Å². The molecule has 0 saturated carbocycles. The summed E-state index contributed by atoms with van der Waals surface area (Å²) in [6.45, 7) is 1.01. The van der Waals surface area contributed by atoms with Gasteiger partial charge in [-0.05, 0) is 25.2 Å². The summed E-state index contributed by atoms with van der Waals surface area (Å²) in [5.74, 6) is 0. The fourth-order valence-electron chi connectivity index (χ4n) is 1.18. The second-order valence-corrected chi connectivity index (χ2v) is 3.75. The van der Waals surface area contributed by atoms with Gasteiger partial charge in [0.25, 0.3) is 0 Å². The van der Waals surface area contributed by atoms with Crippen LogP contribution in [0.4, 0.5) is 0 Å². The van der Waals surface area contributed by atoms with Gasteiger partial charge in [-0.15, -0.1) is 17.0 Å². The van der Waals surface area contributed by atoms with Crippen molar-refractivity contribution in [1.82, 2.24) is 4.90 Å². The first-order valence-electron chi connectivity index (χ1n) is 4.01. The highest BCUT2D eigenvalue weighted by atomic mass is 79.9. The monoisotopic (exact) mass is 307 g/mol. The summed E-state index contributed by atoms with van der Waals surface area (Å²) in [5.41, 5.74) is 2.71. The standard InChI is InChI=1S/C10H14BrN.BrH/c1-12(2)8-10-5-3-4-9(6-10)7-11;/h3-6H,7-8H2,1-2H3;1H. The van der Waals surface area contributed by atoms with Crippen molar-refractivity contribution in [1.29, 1.82) is 0 Å². The van der Waals surface area contributed by atoms with E-state index < -0.39 is 0 Å². The highest BCUT2D eigenvalue weighted by Gasteiger charge is 1.95. The summed E-state index contributed by atoms with van der Waals surface area (Å²) >= 11 is 3.44. The van der Waals surface area contributed by atoms with Gasteiger partial charge in [-0.3, -0.25) is 0 Å². The van der Waals surface area contributed by atoms with Gasteiger partial charge in [-0.1, -0.05) is 40.2 Å². The maximum absolute atomic E-state index is 3.44. The molecular formula is C10H15Br2N. The van der Waals surface area contributed by atoms with Crippen molar-refractivity contribution in [2.24, 2.45) is 0 Å². The molecule has 0 aliphatic rings. The molecule has 0 amide bonds. The van der Waals surface area contributed by atoms with E-state index in [9.17, 15) is 0 Å². The van der Waals surface area contributed by atoms with Gasteiger partial charge in [-0.2, -0.15) is 0 Å². The molecule has 0 aliphatic carbocycles. The van der Waals surface area contributed by atoms with E-state index in [1.54, 1.807) is 0 Å². The molecule has 0 spiro atoms. The average molecular weight is 309 g/mol. The molecule has 13 heavy (non-hydrogen) atoms. The highest BCUT2D eigenvalue weighted by molar-refractivity contribution is 9.08. The minimum Gasteiger partial charge on any atom is -0.305 e. The topological polar surface area (TPSA) is 3.24 Å². The Morgan fingerprint density at radius 3 is 2.38 bits per heavy atom. The van der Waals surface area contributed by atoms with Gasteiger partial charge >= 0.3 is 0 Å². The number of benzene rings is 1. The molecule has 3 heteroatoms. The first-order valence-corrected chi connectivity index (χ1v) is 5.13. The van der Waals surface area contributed by atoms with Crippen LogP contribution in [0.25, 0.3) is 0 Å². The van der Waals surface area contributed by atoms with Crippen molar-refractivity contribution in [3.63, 3.8) is 0 Å². The molecule has 0 unspecified atom stereocenters. The van der Waals surface area contributed by atoms with Crippen LogP contribution in [-0.2, 0) is 11.9 Å². The Kier molecular flexibility index (Phi) is 6.64. The number of rotatable bonds is 3. The lowest BCUT2D eigenvalue weighted by atomic mass is 10.1. The van der Waals surface area contributed by atoms with Crippen LogP contribution in [0.3, 0.4) is 0 Å². The molecule has 0 aliphatic heterocycles. The fraction of sp³-hybridized carbons (Fsp3) is 0.400. The van der Waals surface area contributed by atoms with Crippen LogP contribution >= 0.6 is 32.9 Å². The van der Waals surface area contributed by atoms with Crippen LogP contribution in [0, 0.1) is 0 Å². The van der Waals surface area contributed by atoms with Gasteiger partial charge < -0.3 is 4.90 Å². The number of hydrogen-bond acceptors (Lipinski definition) is 1. The molecule has 0 fully saturated rings. The van der Waals surface area contributed by atoms with Crippen LogP contribution in [0.5, 0.6) is 0 Å². The highest BCUT2D eigenvalue weighted by Crippen LogP contribution is 2.09. The molecule has 1 aromatic rings. The largest absolute Gasteiger partial charge is 0.305 e. The first-order chi connectivity index (χ1) is 5.72. The zero-order valence-corrected chi connectivity index (χ0v) is 11.3. The lowest BCUT2D eigenvalue weighted by molar-refractivity contribution is 0.402. The Morgan fingerprint density at radius 1 is 1.23 bits per heavy atom. The number of nitrogens with zero attached hydrogens (tertiary/aromatic N) is 1. The third kappa shape index (κ3) is 4.79. The van der Waals surface area contributed by atoms with Gasteiger partial charge in [0, 0.05) is 11.9 Å². The van der Waals surface area contributed by atoms with E-state index in [2.05, 4.69) is 59.2 Å². The van der Waals surface area contributed by atoms with E-state index in [1.165, 1.54) is 11.1 Å². The summed E-state index contributed by atoms with van der Waals surface area (Å²) < 4.78 is 0. The molecular weight excluding hydrogens is 294 g/mol. The maximum atomic E-state index is 3.44. The van der Waals surface area contributed by atoms with Crippen molar-refractivity contribution in [2.75, 3.05) is 14.1 Å². The average Bonchev–Trinajstić information content (AvgIpc) is 2.03. The minimum atomic E-state index is 0. The normalized spacial score (nSPS) is 9.85. The van der Waals surface area contributed by atoms with Crippen molar-refractivity contribution < 1.29 is 0 Å². The Hall–Kier alpha value is 0.140. The van der Waals surface area contributed by atoms with E-state index in [4.69, 9.17) is 0 Å². The third-order valence-corrected chi connectivity index (χ3v) is 2.29. The van der Waals surface area contributed by atoms with Crippen LogP contribution in [0.1, 0.15) is 11.1 Å². The van der Waals surface area contributed by atoms with Crippen LogP contribution in [-0.4, -0.2) is 19.0 Å². The lowest BCUT2D eigenvalue weighted by Gasteiger charge is -2.09. The van der Waals surface area contributed by atoms with Crippen LogP contribution in [0.2, 0.25) is 0 Å². The summed E-state index contributed by atoms with van der Waals surface area (Å²) in [4.78, 5) is 2.17. The smallest absolute Gasteiger partial charge is 0.0283 e. The molecule has 0 radical (unpaired) electrons. The molecule has 0 bridgehead atoms. The van der Waals surface area contributed by atoms with Crippen molar-refractivity contribution >= 4 is 32.9 Å². The van der Waals surface area contributed by atoms with Gasteiger partial charge in [-0.25, -0.2) is 0 Å². The number of halogens is 2. The molecule has 0 saturated heterocycles. The number of alkyl halides is 1. The third-order valence-electron chi connectivity index (χ3n) is 1.64. The molecule has 0 heterocycles. The fourth-order valence-corrected chi connectivity index (χ4v) is 1.53. The molecule has 1 aromatic carbocycles. The van der Waals surface area contributed by atoms with E-state index in [0.29, 0.717) is 0 Å². The van der Waals surface area contributed by atoms with E-state index in [0.717, 1.165) is 11.9 Å². The lowest BCUT2D eigenvalue weighted by Crippen LogP contribution is -2.10. The number of hydrogen-bond donors (Lipinski definition) is 0. The van der Waals surface area contributed by atoms with E-state index in [-0.39, 0.29) is 17.0 Å². The first kappa shape index (κ1) is 13.1. The Bertz CT molecular complexity index is 248. The Balaban J connectivity index is 0.00000144. The minimum absolute atomic E-state index is 0. The molecule has 0 atom stereocenters. The maximum Gasteiger partial charge on any atom is 0.0283 e. The van der Waals surface area contributed by atoms with Crippen molar-refractivity contribution in [3.05, 3.63) is 35.4 Å². The Labute approximate surface area is 99.0 Å². The van der Waals surface area contributed by atoms with Gasteiger partial charge in [0.1, 0.15) is 0 Å². The second-order valence-electron chi connectivity index (χ2n) is 3.19. The van der Waals surface area contributed by atoms with Gasteiger partial charge in [0.05, 0.1) is 0 Å². The quantitative estimate of drug-likeness (QED) is 0.775. The summed E-state index contributed by atoms with van der Waals surface area (Å²) in [6, 6.07) is 8.63. The predicted molar refractivity (Wildman–Crippen MR) is 66.8 cm³/mol. The zero-order chi connectivity index (χ0) is 8.97. The molecule has 0 N–H and O–H groups in total. The molecule has 1 nitrogen and oxygen atoms in total. The van der Waals surface area contributed by atoms with Crippen LogP contribution in [0.15, 0.2) is 24.3 Å².